The van der Waals surface area contributed by atoms with Gasteiger partial charge in [0, 0.05) is 16.8 Å². The number of halogens is 1. The van der Waals surface area contributed by atoms with E-state index in [9.17, 15) is 4.79 Å². The van der Waals surface area contributed by atoms with Gasteiger partial charge in [0.05, 0.1) is 6.54 Å². The molecule has 0 radical (unpaired) electrons. The van der Waals surface area contributed by atoms with Crippen LogP contribution in [0, 0.1) is 0 Å². The summed E-state index contributed by atoms with van der Waals surface area (Å²) >= 11 is 11.1. The smallest absolute Gasteiger partial charge is 0.406 e. The van der Waals surface area contributed by atoms with E-state index in [1.807, 2.05) is 0 Å². The van der Waals surface area contributed by atoms with Crippen LogP contribution in [-0.2, 0) is 6.54 Å². The molecular formula is C14H10ClN3O2S. The summed E-state index contributed by atoms with van der Waals surface area (Å²) in [6.07, 6.45) is 1.60. The highest BCUT2D eigenvalue weighted by Gasteiger charge is 2.12. The first-order chi connectivity index (χ1) is 10.1. The minimum absolute atomic E-state index is 0.263. The van der Waals surface area contributed by atoms with Crippen molar-refractivity contribution < 1.29 is 4.42 Å². The van der Waals surface area contributed by atoms with Crippen LogP contribution < -0.4 is 11.5 Å². The van der Waals surface area contributed by atoms with Gasteiger partial charge in [-0.15, -0.1) is 0 Å². The van der Waals surface area contributed by atoms with E-state index in [4.69, 9.17) is 34.0 Å². The molecule has 0 bridgehead atoms. The third-order valence-corrected chi connectivity index (χ3v) is 3.68. The molecule has 0 saturated heterocycles. The van der Waals surface area contributed by atoms with Crippen molar-refractivity contribution in [2.75, 3.05) is 0 Å². The van der Waals surface area contributed by atoms with Crippen LogP contribution in [0.4, 0.5) is 0 Å². The molecule has 0 atom stereocenters. The van der Waals surface area contributed by atoms with E-state index in [0.717, 1.165) is 5.56 Å². The molecule has 3 aromatic rings. The summed E-state index contributed by atoms with van der Waals surface area (Å²) in [5, 5.41) is 0.484. The molecule has 7 heteroatoms. The average Bonchev–Trinajstić information content (AvgIpc) is 2.77. The van der Waals surface area contributed by atoms with E-state index in [1.165, 1.54) is 4.57 Å². The molecule has 2 N–H and O–H groups in total. The summed E-state index contributed by atoms with van der Waals surface area (Å²) in [5.41, 5.74) is 7.92. The van der Waals surface area contributed by atoms with Crippen LogP contribution in [0.5, 0.6) is 0 Å². The highest BCUT2D eigenvalue weighted by Crippen LogP contribution is 2.20. The van der Waals surface area contributed by atoms with Crippen molar-refractivity contribution >= 4 is 40.0 Å². The molecule has 0 amide bonds. The third kappa shape index (κ3) is 2.55. The molecule has 106 valence electrons. The molecule has 3 rings (SSSR count). The lowest BCUT2D eigenvalue weighted by Crippen LogP contribution is -2.16. The number of pyridine rings is 1. The Kier molecular flexibility index (Phi) is 3.48. The Morgan fingerprint density at radius 2 is 2.24 bits per heavy atom. The van der Waals surface area contributed by atoms with E-state index < -0.39 is 5.76 Å². The summed E-state index contributed by atoms with van der Waals surface area (Å²) < 4.78 is 6.56. The lowest BCUT2D eigenvalue weighted by molar-refractivity contribution is 0.517. The van der Waals surface area contributed by atoms with Crippen LogP contribution >= 0.6 is 23.8 Å². The number of hydrogen-bond donors (Lipinski definition) is 1. The van der Waals surface area contributed by atoms with Crippen LogP contribution in [0.25, 0.3) is 11.2 Å². The standard InChI is InChI=1S/C14H10ClN3O2S/c15-10-6-8(12(16)21)3-4-9(10)7-18-13-11(20-14(18)19)2-1-5-17-13/h1-6H,7H2,(H2,16,21). The summed E-state index contributed by atoms with van der Waals surface area (Å²) in [5.74, 6) is -0.474. The molecule has 2 heterocycles. The summed E-state index contributed by atoms with van der Waals surface area (Å²) in [7, 11) is 0. The number of hydrogen-bond acceptors (Lipinski definition) is 4. The Balaban J connectivity index is 2.05. The summed E-state index contributed by atoms with van der Waals surface area (Å²) in [6, 6.07) is 8.63. The van der Waals surface area contributed by atoms with Crippen molar-refractivity contribution in [3.63, 3.8) is 0 Å². The zero-order chi connectivity index (χ0) is 15.0. The van der Waals surface area contributed by atoms with Crippen molar-refractivity contribution in [1.29, 1.82) is 0 Å². The molecule has 0 fully saturated rings. The maximum absolute atomic E-state index is 11.9. The molecular weight excluding hydrogens is 310 g/mol. The molecule has 0 unspecified atom stereocenters. The van der Waals surface area contributed by atoms with Gasteiger partial charge in [-0.3, -0.25) is 4.57 Å². The van der Waals surface area contributed by atoms with Crippen LogP contribution in [0.1, 0.15) is 11.1 Å². The van der Waals surface area contributed by atoms with E-state index in [2.05, 4.69) is 4.98 Å². The van der Waals surface area contributed by atoms with E-state index >= 15 is 0 Å². The average molecular weight is 320 g/mol. The van der Waals surface area contributed by atoms with E-state index in [1.54, 1.807) is 36.5 Å². The number of oxazole rings is 1. The van der Waals surface area contributed by atoms with Gasteiger partial charge in [0.15, 0.2) is 11.2 Å². The molecule has 0 aliphatic heterocycles. The quantitative estimate of drug-likeness (QED) is 0.750. The van der Waals surface area contributed by atoms with E-state index in [-0.39, 0.29) is 11.5 Å². The van der Waals surface area contributed by atoms with Gasteiger partial charge in [0.1, 0.15) is 4.99 Å². The predicted octanol–water partition coefficient (Wildman–Crippen LogP) is 2.33. The predicted molar refractivity (Wildman–Crippen MR) is 84.7 cm³/mol. The highest BCUT2D eigenvalue weighted by molar-refractivity contribution is 7.80. The fourth-order valence-corrected chi connectivity index (χ4v) is 2.41. The number of aromatic nitrogens is 2. The number of nitrogens with two attached hydrogens (primary N) is 1. The third-order valence-electron chi connectivity index (χ3n) is 3.09. The fraction of sp³-hybridized carbons (Fsp3) is 0.0714. The second-order valence-electron chi connectivity index (χ2n) is 4.45. The van der Waals surface area contributed by atoms with Gasteiger partial charge in [0.25, 0.3) is 0 Å². The molecule has 0 spiro atoms. The number of thiocarbonyl (C=S) groups is 1. The van der Waals surface area contributed by atoms with Crippen molar-refractivity contribution in [2.24, 2.45) is 5.73 Å². The Morgan fingerprint density at radius 1 is 1.43 bits per heavy atom. The van der Waals surface area contributed by atoms with E-state index in [0.29, 0.717) is 21.8 Å². The maximum atomic E-state index is 11.9. The number of rotatable bonds is 3. The maximum Gasteiger partial charge on any atom is 0.421 e. The van der Waals surface area contributed by atoms with Gasteiger partial charge in [-0.05, 0) is 23.8 Å². The van der Waals surface area contributed by atoms with Gasteiger partial charge < -0.3 is 10.2 Å². The lowest BCUT2D eigenvalue weighted by Gasteiger charge is -2.06. The van der Waals surface area contributed by atoms with Crippen molar-refractivity contribution in [1.82, 2.24) is 9.55 Å². The van der Waals surface area contributed by atoms with Gasteiger partial charge in [-0.2, -0.15) is 0 Å². The zero-order valence-corrected chi connectivity index (χ0v) is 12.3. The summed E-state index contributed by atoms with van der Waals surface area (Å²) in [4.78, 5) is 16.3. The van der Waals surface area contributed by atoms with Gasteiger partial charge in [0.2, 0.25) is 0 Å². The SMILES string of the molecule is NC(=S)c1ccc(Cn2c(=O)oc3cccnc32)c(Cl)c1. The van der Waals surface area contributed by atoms with Crippen molar-refractivity contribution in [3.8, 4) is 0 Å². The number of nitrogens with zero attached hydrogens (tertiary/aromatic N) is 2. The molecule has 0 aliphatic rings. The largest absolute Gasteiger partial charge is 0.421 e. The monoisotopic (exact) mass is 319 g/mol. The Bertz CT molecular complexity index is 901. The molecule has 0 saturated carbocycles. The van der Waals surface area contributed by atoms with Crippen LogP contribution in [0.15, 0.2) is 45.7 Å². The first-order valence-corrected chi connectivity index (χ1v) is 6.87. The van der Waals surface area contributed by atoms with Crippen molar-refractivity contribution in [3.05, 3.63) is 63.2 Å². The second kappa shape index (κ2) is 5.31. The van der Waals surface area contributed by atoms with Crippen LogP contribution in [-0.4, -0.2) is 14.5 Å². The number of fused-ring (bicyclic) bond motifs is 1. The van der Waals surface area contributed by atoms with Gasteiger partial charge >= 0.3 is 5.76 Å². The Morgan fingerprint density at radius 3 is 2.95 bits per heavy atom. The van der Waals surface area contributed by atoms with Crippen LogP contribution in [0.2, 0.25) is 5.02 Å². The summed E-state index contributed by atoms with van der Waals surface area (Å²) in [6.45, 7) is 0.263. The zero-order valence-electron chi connectivity index (χ0n) is 10.7. The first kappa shape index (κ1) is 13.8. The van der Waals surface area contributed by atoms with Gasteiger partial charge in [-0.25, -0.2) is 9.78 Å². The second-order valence-corrected chi connectivity index (χ2v) is 5.30. The normalized spacial score (nSPS) is 10.9. The topological polar surface area (TPSA) is 74.0 Å². The molecule has 2 aromatic heterocycles. The molecule has 1 aromatic carbocycles. The molecule has 0 aliphatic carbocycles. The fourth-order valence-electron chi connectivity index (χ4n) is 2.04. The first-order valence-electron chi connectivity index (χ1n) is 6.09. The lowest BCUT2D eigenvalue weighted by atomic mass is 10.1. The Labute approximate surface area is 130 Å². The van der Waals surface area contributed by atoms with Crippen LogP contribution in [0.3, 0.4) is 0 Å². The van der Waals surface area contributed by atoms with Gasteiger partial charge in [-0.1, -0.05) is 36.0 Å². The molecule has 5 nitrogen and oxygen atoms in total. The highest BCUT2D eigenvalue weighted by atomic mass is 35.5. The minimum atomic E-state index is -0.474. The van der Waals surface area contributed by atoms with Crippen molar-refractivity contribution in [2.45, 2.75) is 6.54 Å². The molecule has 21 heavy (non-hydrogen) atoms. The number of benzene rings is 1. The minimum Gasteiger partial charge on any atom is -0.406 e. The Hall–Kier alpha value is -2.18.